The molecular weight excluding hydrogens is 394 g/mol. The van der Waals surface area contributed by atoms with E-state index in [1.54, 1.807) is 0 Å². The van der Waals surface area contributed by atoms with Crippen LogP contribution in [0.1, 0.15) is 110 Å². The largest absolute Gasteiger partial charge is 0.352 e. The van der Waals surface area contributed by atoms with Gasteiger partial charge in [0.25, 0.3) is 6.08 Å². The normalized spacial score (nSPS) is 34.4. The van der Waals surface area contributed by atoms with Crippen LogP contribution in [0.3, 0.4) is 0 Å². The molecule has 4 heteroatoms. The fourth-order valence-electron chi connectivity index (χ4n) is 6.14. The third-order valence-electron chi connectivity index (χ3n) is 8.31. The minimum atomic E-state index is -1.58. The Bertz CT molecular complexity index is 495. The van der Waals surface area contributed by atoms with E-state index in [2.05, 4.69) is 6.92 Å². The van der Waals surface area contributed by atoms with Crippen LogP contribution in [0, 0.1) is 29.6 Å². The van der Waals surface area contributed by atoms with Gasteiger partial charge in [0.1, 0.15) is 0 Å². The van der Waals surface area contributed by atoms with Gasteiger partial charge in [-0.3, -0.25) is 0 Å². The van der Waals surface area contributed by atoms with Crippen LogP contribution < -0.4 is 0 Å². The van der Waals surface area contributed by atoms with Crippen molar-refractivity contribution in [3.63, 3.8) is 0 Å². The molecule has 0 bridgehead atoms. The summed E-state index contributed by atoms with van der Waals surface area (Å²) in [6.07, 6.45) is 20.1. The van der Waals surface area contributed by atoms with Crippen molar-refractivity contribution in [2.75, 3.05) is 13.2 Å². The van der Waals surface area contributed by atoms with Gasteiger partial charge in [0, 0.05) is 11.8 Å². The van der Waals surface area contributed by atoms with Gasteiger partial charge in [-0.15, -0.1) is 0 Å². The average molecular weight is 441 g/mol. The Labute approximate surface area is 189 Å². The quantitative estimate of drug-likeness (QED) is 0.300. The molecule has 2 nitrogen and oxygen atoms in total. The smallest absolute Gasteiger partial charge is 0.266 e. The number of rotatable bonds is 11. The maximum Gasteiger partial charge on any atom is 0.266 e. The van der Waals surface area contributed by atoms with Crippen molar-refractivity contribution >= 4 is 0 Å². The second kappa shape index (κ2) is 13.9. The van der Waals surface area contributed by atoms with E-state index in [1.807, 2.05) is 0 Å². The number of hydrogen-bond acceptors (Lipinski definition) is 2. The Kier molecular flexibility index (Phi) is 11.3. The lowest BCUT2D eigenvalue weighted by molar-refractivity contribution is -0.229. The zero-order valence-corrected chi connectivity index (χ0v) is 19.8. The molecule has 0 atom stereocenters. The molecule has 31 heavy (non-hydrogen) atoms. The molecule has 1 heterocycles. The van der Waals surface area contributed by atoms with Crippen LogP contribution in [-0.2, 0) is 9.47 Å². The Morgan fingerprint density at radius 2 is 1.26 bits per heavy atom. The Balaban J connectivity index is 1.23. The summed E-state index contributed by atoms with van der Waals surface area (Å²) in [6, 6.07) is 0. The molecule has 0 aromatic carbocycles. The standard InChI is InChI=1S/C27H46F2O2/c1-2-3-4-6-21-9-11-22(12-10-21)13-14-23-15-17-25(18-16-23)27-30-19-24(20-31-27)7-5-8-26(28)29/h8,21-25,27H,2-7,9-20H2,1H3. The van der Waals surface area contributed by atoms with Gasteiger partial charge in [-0.1, -0.05) is 71.1 Å². The first kappa shape index (κ1) is 25.1. The van der Waals surface area contributed by atoms with Gasteiger partial charge in [0.15, 0.2) is 6.29 Å². The highest BCUT2D eigenvalue weighted by atomic mass is 19.3. The molecule has 3 rings (SSSR count). The number of ether oxygens (including phenoxy) is 2. The van der Waals surface area contributed by atoms with Gasteiger partial charge in [-0.25, -0.2) is 0 Å². The van der Waals surface area contributed by atoms with Crippen LogP contribution >= 0.6 is 0 Å². The molecule has 1 saturated heterocycles. The molecule has 0 aromatic heterocycles. The summed E-state index contributed by atoms with van der Waals surface area (Å²) in [5, 5.41) is 0. The summed E-state index contributed by atoms with van der Waals surface area (Å²) >= 11 is 0. The van der Waals surface area contributed by atoms with E-state index in [0.29, 0.717) is 25.6 Å². The fourth-order valence-corrected chi connectivity index (χ4v) is 6.14. The number of unbranched alkanes of at least 4 members (excludes halogenated alkanes) is 2. The topological polar surface area (TPSA) is 18.5 Å². The molecule has 2 saturated carbocycles. The van der Waals surface area contributed by atoms with Crippen molar-refractivity contribution in [2.24, 2.45) is 29.6 Å². The second-order valence-corrected chi connectivity index (χ2v) is 10.7. The van der Waals surface area contributed by atoms with E-state index < -0.39 is 6.08 Å². The minimum Gasteiger partial charge on any atom is -0.352 e. The van der Waals surface area contributed by atoms with Crippen LogP contribution in [0.25, 0.3) is 0 Å². The third-order valence-corrected chi connectivity index (χ3v) is 8.31. The first-order chi connectivity index (χ1) is 15.1. The number of halogens is 2. The molecule has 2 aliphatic carbocycles. The van der Waals surface area contributed by atoms with Crippen LogP contribution in [0.4, 0.5) is 8.78 Å². The second-order valence-electron chi connectivity index (χ2n) is 10.7. The van der Waals surface area contributed by atoms with Gasteiger partial charge in [-0.05, 0) is 62.4 Å². The monoisotopic (exact) mass is 440 g/mol. The molecule has 0 unspecified atom stereocenters. The Morgan fingerprint density at radius 3 is 1.81 bits per heavy atom. The predicted octanol–water partition coefficient (Wildman–Crippen LogP) is 8.51. The van der Waals surface area contributed by atoms with Gasteiger partial charge in [0.05, 0.1) is 13.2 Å². The molecule has 0 N–H and O–H groups in total. The molecule has 180 valence electrons. The lowest BCUT2D eigenvalue weighted by Crippen LogP contribution is -2.38. The molecule has 0 amide bonds. The Morgan fingerprint density at radius 1 is 0.710 bits per heavy atom. The molecule has 0 aromatic rings. The van der Waals surface area contributed by atoms with Crippen molar-refractivity contribution in [3.8, 4) is 0 Å². The molecule has 0 radical (unpaired) electrons. The van der Waals surface area contributed by atoms with Gasteiger partial charge in [-0.2, -0.15) is 8.78 Å². The third kappa shape index (κ3) is 9.12. The zero-order chi connectivity index (χ0) is 21.9. The fraction of sp³-hybridized carbons (Fsp3) is 0.926. The first-order valence-electron chi connectivity index (χ1n) is 13.4. The molecule has 3 aliphatic rings. The van der Waals surface area contributed by atoms with Crippen LogP contribution in [-0.4, -0.2) is 19.5 Å². The maximum absolute atomic E-state index is 12.2. The van der Waals surface area contributed by atoms with Crippen molar-refractivity contribution < 1.29 is 18.3 Å². The first-order valence-corrected chi connectivity index (χ1v) is 13.4. The SMILES string of the molecule is CCCCCC1CCC(CCC2CCC(C3OCC(CCC=C(F)F)CO3)CC2)CC1. The van der Waals surface area contributed by atoms with Crippen molar-refractivity contribution in [3.05, 3.63) is 12.2 Å². The molecule has 1 aliphatic heterocycles. The zero-order valence-electron chi connectivity index (χ0n) is 19.8. The number of hydrogen-bond donors (Lipinski definition) is 0. The summed E-state index contributed by atoms with van der Waals surface area (Å²) < 4.78 is 36.3. The summed E-state index contributed by atoms with van der Waals surface area (Å²) in [7, 11) is 0. The van der Waals surface area contributed by atoms with E-state index >= 15 is 0 Å². The highest BCUT2D eigenvalue weighted by molar-refractivity contribution is 4.82. The molecule has 3 fully saturated rings. The van der Waals surface area contributed by atoms with E-state index in [4.69, 9.17) is 9.47 Å². The Hall–Kier alpha value is -0.480. The summed E-state index contributed by atoms with van der Waals surface area (Å²) in [6.45, 7) is 3.62. The highest BCUT2D eigenvalue weighted by Crippen LogP contribution is 2.39. The van der Waals surface area contributed by atoms with Crippen LogP contribution in [0.2, 0.25) is 0 Å². The van der Waals surface area contributed by atoms with Crippen LogP contribution in [0.5, 0.6) is 0 Å². The minimum absolute atomic E-state index is 0.0614. The predicted molar refractivity (Wildman–Crippen MR) is 123 cm³/mol. The van der Waals surface area contributed by atoms with Crippen LogP contribution in [0.15, 0.2) is 12.2 Å². The summed E-state index contributed by atoms with van der Waals surface area (Å²) in [5.74, 6) is 3.69. The summed E-state index contributed by atoms with van der Waals surface area (Å²) in [5.41, 5.74) is 0. The average Bonchev–Trinajstić information content (AvgIpc) is 2.79. The molecular formula is C27H46F2O2. The lowest BCUT2D eigenvalue weighted by atomic mass is 9.74. The number of allylic oxidation sites excluding steroid dienone is 1. The van der Waals surface area contributed by atoms with Crippen molar-refractivity contribution in [2.45, 2.75) is 116 Å². The van der Waals surface area contributed by atoms with Gasteiger partial charge in [0.2, 0.25) is 0 Å². The highest BCUT2D eigenvalue weighted by Gasteiger charge is 2.32. The van der Waals surface area contributed by atoms with E-state index in [0.717, 1.165) is 30.3 Å². The van der Waals surface area contributed by atoms with E-state index in [1.165, 1.54) is 89.9 Å². The van der Waals surface area contributed by atoms with E-state index in [9.17, 15) is 8.78 Å². The maximum atomic E-state index is 12.2. The molecule has 0 spiro atoms. The summed E-state index contributed by atoms with van der Waals surface area (Å²) in [4.78, 5) is 0. The van der Waals surface area contributed by atoms with Crippen molar-refractivity contribution in [1.82, 2.24) is 0 Å². The van der Waals surface area contributed by atoms with Crippen molar-refractivity contribution in [1.29, 1.82) is 0 Å². The van der Waals surface area contributed by atoms with Gasteiger partial charge >= 0.3 is 0 Å². The van der Waals surface area contributed by atoms with Gasteiger partial charge < -0.3 is 9.47 Å². The van der Waals surface area contributed by atoms with E-state index in [-0.39, 0.29) is 12.2 Å². The lowest BCUT2D eigenvalue weighted by Gasteiger charge is -2.38.